The molecule has 0 bridgehead atoms. The van der Waals surface area contributed by atoms with Crippen molar-refractivity contribution in [1.82, 2.24) is 4.98 Å². The molecule has 0 saturated carbocycles. The molecule has 1 atom stereocenters. The van der Waals surface area contributed by atoms with Crippen LogP contribution in [0.4, 0.5) is 0 Å². The molecule has 5 heteroatoms. The highest BCUT2D eigenvalue weighted by molar-refractivity contribution is 6.61. The Balaban J connectivity index is 2.27. The van der Waals surface area contributed by atoms with Gasteiger partial charge in [-0.1, -0.05) is 6.07 Å². The molecule has 1 saturated heterocycles. The van der Waals surface area contributed by atoms with Gasteiger partial charge >= 0.3 is 7.12 Å². The predicted molar refractivity (Wildman–Crippen MR) is 80.1 cm³/mol. The second kappa shape index (κ2) is 5.13. The molecule has 110 valence electrons. The second-order valence-corrected chi connectivity index (χ2v) is 6.64. The van der Waals surface area contributed by atoms with E-state index in [0.717, 1.165) is 16.9 Å². The molecule has 1 unspecified atom stereocenters. The van der Waals surface area contributed by atoms with E-state index in [0.29, 0.717) is 6.42 Å². The summed E-state index contributed by atoms with van der Waals surface area (Å²) >= 11 is 0. The molecule has 0 radical (unpaired) electrons. The first-order valence-electron chi connectivity index (χ1n) is 7.12. The summed E-state index contributed by atoms with van der Waals surface area (Å²) in [6.45, 7) is 11.9. The fraction of sp³-hybridized carbons (Fsp3) is 0.667. The highest BCUT2D eigenvalue weighted by Crippen LogP contribution is 2.36. The van der Waals surface area contributed by atoms with E-state index in [1.807, 2.05) is 46.8 Å². The molecule has 1 fully saturated rings. The molecule has 0 spiro atoms. The molecular weight excluding hydrogens is 253 g/mol. The maximum atomic E-state index is 9.55. The van der Waals surface area contributed by atoms with Gasteiger partial charge in [0.05, 0.1) is 22.9 Å². The lowest BCUT2D eigenvalue weighted by Crippen LogP contribution is -2.41. The fourth-order valence-electron chi connectivity index (χ4n) is 2.17. The number of aryl methyl sites for hydroxylation is 1. The third kappa shape index (κ3) is 2.90. The molecule has 1 aromatic rings. The highest BCUT2D eigenvalue weighted by Gasteiger charge is 2.52. The quantitative estimate of drug-likeness (QED) is 0.853. The normalized spacial score (nSPS) is 22.1. The number of aliphatic hydroxyl groups excluding tert-OH is 1. The lowest BCUT2D eigenvalue weighted by molar-refractivity contribution is 0.00578. The van der Waals surface area contributed by atoms with Crippen LogP contribution >= 0.6 is 0 Å². The van der Waals surface area contributed by atoms with Crippen LogP contribution in [0.15, 0.2) is 12.1 Å². The zero-order valence-electron chi connectivity index (χ0n) is 13.2. The Morgan fingerprint density at radius 1 is 1.20 bits per heavy atom. The molecule has 2 heterocycles. The SMILES string of the molecule is Cc1ccc(B2OC(C)(C)C(C)(C)O2)nc1CC(C)O. The van der Waals surface area contributed by atoms with Gasteiger partial charge in [-0.25, -0.2) is 0 Å². The molecule has 1 aromatic heterocycles. The largest absolute Gasteiger partial charge is 0.514 e. The van der Waals surface area contributed by atoms with Crippen molar-refractivity contribution < 1.29 is 14.4 Å². The van der Waals surface area contributed by atoms with Crippen LogP contribution in [0.25, 0.3) is 0 Å². The van der Waals surface area contributed by atoms with Gasteiger partial charge in [-0.05, 0) is 53.2 Å². The van der Waals surface area contributed by atoms with Crippen LogP contribution in [0.1, 0.15) is 45.9 Å². The van der Waals surface area contributed by atoms with Crippen LogP contribution in [0.3, 0.4) is 0 Å². The van der Waals surface area contributed by atoms with Gasteiger partial charge in [0.1, 0.15) is 0 Å². The summed E-state index contributed by atoms with van der Waals surface area (Å²) in [6, 6.07) is 3.94. The van der Waals surface area contributed by atoms with E-state index in [4.69, 9.17) is 9.31 Å². The predicted octanol–water partition coefficient (Wildman–Crippen LogP) is 1.61. The van der Waals surface area contributed by atoms with Crippen LogP contribution in [0.2, 0.25) is 0 Å². The Labute approximate surface area is 121 Å². The minimum Gasteiger partial charge on any atom is -0.398 e. The van der Waals surface area contributed by atoms with Gasteiger partial charge in [0.25, 0.3) is 0 Å². The van der Waals surface area contributed by atoms with Gasteiger partial charge in [-0.3, -0.25) is 4.98 Å². The summed E-state index contributed by atoms with van der Waals surface area (Å²) in [4.78, 5) is 4.62. The van der Waals surface area contributed by atoms with Crippen molar-refractivity contribution >= 4 is 12.7 Å². The van der Waals surface area contributed by atoms with E-state index in [9.17, 15) is 5.11 Å². The Morgan fingerprint density at radius 3 is 2.25 bits per heavy atom. The van der Waals surface area contributed by atoms with Crippen LogP contribution < -0.4 is 5.59 Å². The van der Waals surface area contributed by atoms with Gasteiger partial charge in [0.15, 0.2) is 0 Å². The van der Waals surface area contributed by atoms with Crippen molar-refractivity contribution in [2.24, 2.45) is 0 Å². The summed E-state index contributed by atoms with van der Waals surface area (Å²) in [5.41, 5.74) is 2.01. The lowest BCUT2D eigenvalue weighted by atomic mass is 9.83. The van der Waals surface area contributed by atoms with Crippen molar-refractivity contribution in [2.45, 2.75) is 65.3 Å². The van der Waals surface area contributed by atoms with E-state index >= 15 is 0 Å². The van der Waals surface area contributed by atoms with Crippen LogP contribution in [0, 0.1) is 6.92 Å². The van der Waals surface area contributed by atoms with Gasteiger partial charge in [0.2, 0.25) is 0 Å². The molecule has 0 aromatic carbocycles. The van der Waals surface area contributed by atoms with Crippen molar-refractivity contribution in [3.63, 3.8) is 0 Å². The summed E-state index contributed by atoms with van der Waals surface area (Å²) in [5, 5.41) is 9.55. The molecular formula is C15H24BNO3. The zero-order valence-corrected chi connectivity index (χ0v) is 13.2. The molecule has 4 nitrogen and oxygen atoms in total. The Kier molecular flexibility index (Phi) is 3.97. The van der Waals surface area contributed by atoms with Gasteiger partial charge in [-0.15, -0.1) is 0 Å². The van der Waals surface area contributed by atoms with Crippen molar-refractivity contribution in [3.05, 3.63) is 23.4 Å². The van der Waals surface area contributed by atoms with Crippen molar-refractivity contribution in [3.8, 4) is 0 Å². The first-order chi connectivity index (χ1) is 9.12. The zero-order chi connectivity index (χ0) is 15.1. The van der Waals surface area contributed by atoms with E-state index in [1.54, 1.807) is 6.92 Å². The Hall–Kier alpha value is -0.905. The fourth-order valence-corrected chi connectivity index (χ4v) is 2.17. The second-order valence-electron chi connectivity index (χ2n) is 6.64. The van der Waals surface area contributed by atoms with E-state index < -0.39 is 13.2 Å². The molecule has 1 N–H and O–H groups in total. The minimum absolute atomic E-state index is 0.366. The first-order valence-corrected chi connectivity index (χ1v) is 7.12. The summed E-state index contributed by atoms with van der Waals surface area (Å²) in [5.74, 6) is 0. The van der Waals surface area contributed by atoms with Crippen LogP contribution in [-0.2, 0) is 15.7 Å². The lowest BCUT2D eigenvalue weighted by Gasteiger charge is -2.32. The standard InChI is InChI=1S/C15H24BNO3/c1-10-7-8-13(17-12(10)9-11(2)18)16-19-14(3,4)15(5,6)20-16/h7-8,11,18H,9H2,1-6H3. The third-order valence-electron chi connectivity index (χ3n) is 4.21. The maximum absolute atomic E-state index is 9.55. The number of rotatable bonds is 3. The van der Waals surface area contributed by atoms with Crippen molar-refractivity contribution in [1.29, 1.82) is 0 Å². The van der Waals surface area contributed by atoms with Gasteiger partial charge in [0, 0.05) is 12.1 Å². The highest BCUT2D eigenvalue weighted by atomic mass is 16.7. The van der Waals surface area contributed by atoms with Crippen molar-refractivity contribution in [2.75, 3.05) is 0 Å². The summed E-state index contributed by atoms with van der Waals surface area (Å²) in [7, 11) is -0.451. The average molecular weight is 277 g/mol. The first kappa shape index (κ1) is 15.5. The average Bonchev–Trinajstić information content (AvgIpc) is 2.50. The Morgan fingerprint density at radius 2 is 1.75 bits per heavy atom. The maximum Gasteiger partial charge on any atom is 0.514 e. The van der Waals surface area contributed by atoms with Crippen LogP contribution in [0.5, 0.6) is 0 Å². The number of hydrogen-bond acceptors (Lipinski definition) is 4. The Bertz CT molecular complexity index is 484. The van der Waals surface area contributed by atoms with E-state index in [2.05, 4.69) is 4.98 Å². The molecule has 2 rings (SSSR count). The number of aromatic nitrogens is 1. The smallest absolute Gasteiger partial charge is 0.398 e. The number of pyridine rings is 1. The molecule has 20 heavy (non-hydrogen) atoms. The van der Waals surface area contributed by atoms with Crippen LogP contribution in [-0.4, -0.2) is 34.5 Å². The van der Waals surface area contributed by atoms with Gasteiger partial charge in [-0.2, -0.15) is 0 Å². The number of nitrogens with zero attached hydrogens (tertiary/aromatic N) is 1. The number of aliphatic hydroxyl groups is 1. The monoisotopic (exact) mass is 277 g/mol. The van der Waals surface area contributed by atoms with E-state index in [-0.39, 0.29) is 11.2 Å². The summed E-state index contributed by atoms with van der Waals surface area (Å²) in [6.07, 6.45) is 0.133. The molecule has 1 aliphatic rings. The summed E-state index contributed by atoms with van der Waals surface area (Å²) < 4.78 is 12.0. The topological polar surface area (TPSA) is 51.6 Å². The molecule has 1 aliphatic heterocycles. The van der Waals surface area contributed by atoms with Gasteiger partial charge < -0.3 is 14.4 Å². The molecule has 0 amide bonds. The third-order valence-corrected chi connectivity index (χ3v) is 4.21. The number of hydrogen-bond donors (Lipinski definition) is 1. The molecule has 0 aliphatic carbocycles. The minimum atomic E-state index is -0.451. The van der Waals surface area contributed by atoms with E-state index in [1.165, 1.54) is 0 Å².